The number of carbonyl (C=O) groups is 1. The van der Waals surface area contributed by atoms with Gasteiger partial charge in [-0.05, 0) is 45.6 Å². The lowest BCUT2D eigenvalue weighted by atomic mass is 9.85. The molecule has 2 N–H and O–H groups in total. The van der Waals surface area contributed by atoms with E-state index in [1.165, 1.54) is 0 Å². The minimum absolute atomic E-state index is 0.0385. The molecule has 136 valence electrons. The first kappa shape index (κ1) is 18.8. The second-order valence-corrected chi connectivity index (χ2v) is 6.55. The van der Waals surface area contributed by atoms with Gasteiger partial charge in [0.1, 0.15) is 0 Å². The normalized spacial score (nSPS) is 24.4. The van der Waals surface area contributed by atoms with Gasteiger partial charge in [-0.25, -0.2) is 0 Å². The van der Waals surface area contributed by atoms with Crippen molar-refractivity contribution in [3.63, 3.8) is 0 Å². The maximum absolute atomic E-state index is 12.6. The summed E-state index contributed by atoms with van der Waals surface area (Å²) in [5.41, 5.74) is 0. The molecule has 0 radical (unpaired) electrons. The van der Waals surface area contributed by atoms with Crippen LogP contribution in [0.3, 0.4) is 0 Å². The third kappa shape index (κ3) is 5.22. The van der Waals surface area contributed by atoms with Gasteiger partial charge in [0.05, 0.1) is 18.5 Å². The van der Waals surface area contributed by atoms with Gasteiger partial charge in [-0.15, -0.1) is 0 Å². The lowest BCUT2D eigenvalue weighted by molar-refractivity contribution is -0.182. The lowest BCUT2D eigenvalue weighted by Crippen LogP contribution is -2.46. The van der Waals surface area contributed by atoms with E-state index in [9.17, 15) is 18.0 Å². The van der Waals surface area contributed by atoms with E-state index in [-0.39, 0.29) is 43.4 Å². The fourth-order valence-corrected chi connectivity index (χ4v) is 3.02. The predicted molar refractivity (Wildman–Crippen MR) is 84.3 cm³/mol. The fraction of sp³-hybridized carbons (Fsp3) is 0.750. The second-order valence-electron chi connectivity index (χ2n) is 6.55. The molecule has 1 aromatic rings. The first-order chi connectivity index (χ1) is 11.3. The van der Waals surface area contributed by atoms with Crippen LogP contribution in [0.2, 0.25) is 0 Å². The summed E-state index contributed by atoms with van der Waals surface area (Å²) in [7, 11) is 0. The number of carbonyl (C=O) groups excluding carboxylic acids is 1. The highest BCUT2D eigenvalue weighted by Crippen LogP contribution is 2.37. The summed E-state index contributed by atoms with van der Waals surface area (Å²) in [6.07, 6.45) is 0.400. The molecule has 5 nitrogen and oxygen atoms in total. The molecule has 8 heteroatoms. The van der Waals surface area contributed by atoms with Gasteiger partial charge < -0.3 is 10.6 Å². The van der Waals surface area contributed by atoms with E-state index in [1.807, 2.05) is 30.8 Å². The quantitative estimate of drug-likeness (QED) is 0.833. The molecule has 0 unspecified atom stereocenters. The van der Waals surface area contributed by atoms with Crippen molar-refractivity contribution < 1.29 is 18.0 Å². The number of amides is 1. The highest BCUT2D eigenvalue weighted by molar-refractivity contribution is 5.78. The molecule has 0 bridgehead atoms. The summed E-state index contributed by atoms with van der Waals surface area (Å²) in [6, 6.07) is 1.82. The molecule has 0 saturated heterocycles. The zero-order valence-corrected chi connectivity index (χ0v) is 14.0. The largest absolute Gasteiger partial charge is 0.391 e. The molecular weight excluding hydrogens is 321 g/mol. The van der Waals surface area contributed by atoms with Crippen LogP contribution >= 0.6 is 0 Å². The van der Waals surface area contributed by atoms with Gasteiger partial charge >= 0.3 is 6.18 Å². The standard InChI is InChI=1S/C16H25F3N4O/c1-11(12(2)23-9-3-8-21-23)20-10-15(24)22-14-6-4-13(5-7-14)16(17,18)19/h3,8-9,11-14,20H,4-7,10H2,1-2H3,(H,22,24)/t11-,12+,13?,14?/m1/s1. The highest BCUT2D eigenvalue weighted by Gasteiger charge is 2.41. The van der Waals surface area contributed by atoms with Crippen LogP contribution in [0.4, 0.5) is 13.2 Å². The molecule has 2 rings (SSSR count). The van der Waals surface area contributed by atoms with Crippen molar-refractivity contribution >= 4 is 5.91 Å². The van der Waals surface area contributed by atoms with E-state index in [0.29, 0.717) is 12.8 Å². The van der Waals surface area contributed by atoms with E-state index >= 15 is 0 Å². The van der Waals surface area contributed by atoms with Gasteiger partial charge in [-0.2, -0.15) is 18.3 Å². The summed E-state index contributed by atoms with van der Waals surface area (Å²) in [4.78, 5) is 12.0. The zero-order chi connectivity index (χ0) is 17.7. The maximum atomic E-state index is 12.6. The average Bonchev–Trinajstić information content (AvgIpc) is 3.06. The first-order valence-electron chi connectivity index (χ1n) is 8.36. The summed E-state index contributed by atoms with van der Waals surface area (Å²) >= 11 is 0. The Labute approximate surface area is 140 Å². The number of nitrogens with one attached hydrogen (secondary N) is 2. The van der Waals surface area contributed by atoms with Crippen LogP contribution in [-0.2, 0) is 4.79 Å². The maximum Gasteiger partial charge on any atom is 0.391 e. The van der Waals surface area contributed by atoms with Crippen molar-refractivity contribution in [2.45, 2.75) is 63.8 Å². The van der Waals surface area contributed by atoms with Crippen molar-refractivity contribution in [3.05, 3.63) is 18.5 Å². The molecule has 1 aliphatic carbocycles. The fourth-order valence-electron chi connectivity index (χ4n) is 3.02. The Morgan fingerprint density at radius 1 is 1.29 bits per heavy atom. The minimum atomic E-state index is -4.12. The highest BCUT2D eigenvalue weighted by atomic mass is 19.4. The molecule has 24 heavy (non-hydrogen) atoms. The van der Waals surface area contributed by atoms with Gasteiger partial charge in [0.2, 0.25) is 5.91 Å². The topological polar surface area (TPSA) is 59.0 Å². The molecule has 1 aromatic heterocycles. The van der Waals surface area contributed by atoms with Gasteiger partial charge in [-0.3, -0.25) is 9.48 Å². The Hall–Kier alpha value is -1.57. The monoisotopic (exact) mass is 346 g/mol. The van der Waals surface area contributed by atoms with Crippen molar-refractivity contribution in [3.8, 4) is 0 Å². The van der Waals surface area contributed by atoms with Crippen LogP contribution in [-0.4, -0.2) is 40.5 Å². The lowest BCUT2D eigenvalue weighted by Gasteiger charge is -2.30. The molecule has 2 atom stereocenters. The Bertz CT molecular complexity index is 510. The van der Waals surface area contributed by atoms with Crippen molar-refractivity contribution in [2.75, 3.05) is 6.54 Å². The molecule has 0 aromatic carbocycles. The molecule has 1 saturated carbocycles. The Morgan fingerprint density at radius 2 is 1.96 bits per heavy atom. The van der Waals surface area contributed by atoms with Gasteiger partial charge in [-0.1, -0.05) is 0 Å². The SMILES string of the molecule is C[C@@H](NCC(=O)NC1CCC(C(F)(F)F)CC1)[C@H](C)n1cccn1. The third-order valence-electron chi connectivity index (χ3n) is 4.81. The minimum Gasteiger partial charge on any atom is -0.352 e. The predicted octanol–water partition coefficient (Wildman–Crippen LogP) is 2.66. The molecular formula is C16H25F3N4O. The summed E-state index contributed by atoms with van der Waals surface area (Å²) in [5, 5.41) is 10.1. The number of alkyl halides is 3. The van der Waals surface area contributed by atoms with E-state index in [4.69, 9.17) is 0 Å². The van der Waals surface area contributed by atoms with E-state index in [2.05, 4.69) is 15.7 Å². The number of nitrogens with zero attached hydrogens (tertiary/aromatic N) is 2. The van der Waals surface area contributed by atoms with Crippen LogP contribution in [0, 0.1) is 5.92 Å². The second kappa shape index (κ2) is 8.00. The molecule has 1 aliphatic rings. The number of hydrogen-bond acceptors (Lipinski definition) is 3. The number of hydrogen-bond donors (Lipinski definition) is 2. The summed E-state index contributed by atoms with van der Waals surface area (Å²) < 4.78 is 39.7. The zero-order valence-electron chi connectivity index (χ0n) is 14.0. The molecule has 1 fully saturated rings. The van der Waals surface area contributed by atoms with E-state index in [1.54, 1.807) is 6.20 Å². The smallest absolute Gasteiger partial charge is 0.352 e. The van der Waals surface area contributed by atoms with Crippen LogP contribution < -0.4 is 10.6 Å². The van der Waals surface area contributed by atoms with Crippen LogP contribution in [0.15, 0.2) is 18.5 Å². The van der Waals surface area contributed by atoms with Crippen LogP contribution in [0.1, 0.15) is 45.6 Å². The van der Waals surface area contributed by atoms with Gasteiger partial charge in [0.15, 0.2) is 0 Å². The first-order valence-corrected chi connectivity index (χ1v) is 8.36. The van der Waals surface area contributed by atoms with Crippen molar-refractivity contribution in [1.82, 2.24) is 20.4 Å². The average molecular weight is 346 g/mol. The third-order valence-corrected chi connectivity index (χ3v) is 4.81. The molecule has 1 heterocycles. The van der Waals surface area contributed by atoms with Gasteiger partial charge in [0.25, 0.3) is 0 Å². The Balaban J connectivity index is 1.69. The number of aromatic nitrogens is 2. The number of rotatable bonds is 6. The Kier molecular flexibility index (Phi) is 6.26. The van der Waals surface area contributed by atoms with Crippen molar-refractivity contribution in [2.24, 2.45) is 5.92 Å². The van der Waals surface area contributed by atoms with E-state index < -0.39 is 12.1 Å². The number of halogens is 3. The van der Waals surface area contributed by atoms with Gasteiger partial charge in [0, 0.05) is 24.5 Å². The summed E-state index contributed by atoms with van der Waals surface area (Å²) in [5.74, 6) is -1.40. The molecule has 0 spiro atoms. The van der Waals surface area contributed by atoms with Crippen molar-refractivity contribution in [1.29, 1.82) is 0 Å². The summed E-state index contributed by atoms with van der Waals surface area (Å²) in [6.45, 7) is 4.11. The Morgan fingerprint density at radius 3 is 2.50 bits per heavy atom. The molecule has 1 amide bonds. The molecule has 0 aliphatic heterocycles. The van der Waals surface area contributed by atoms with Crippen LogP contribution in [0.25, 0.3) is 0 Å². The van der Waals surface area contributed by atoms with Crippen LogP contribution in [0.5, 0.6) is 0 Å². The van der Waals surface area contributed by atoms with E-state index in [0.717, 1.165) is 0 Å².